The minimum atomic E-state index is -3.68. The van der Waals surface area contributed by atoms with Gasteiger partial charge in [-0.15, -0.1) is 0 Å². The molecule has 4 aromatic rings. The lowest BCUT2D eigenvalue weighted by molar-refractivity contribution is 0.0697. The van der Waals surface area contributed by atoms with Gasteiger partial charge < -0.3 is 14.2 Å². The van der Waals surface area contributed by atoms with E-state index in [0.29, 0.717) is 28.3 Å². The van der Waals surface area contributed by atoms with E-state index in [9.17, 15) is 22.0 Å². The molecule has 0 saturated carbocycles. The van der Waals surface area contributed by atoms with Gasteiger partial charge in [0.2, 0.25) is 10.0 Å². The topological polar surface area (TPSA) is 71.8 Å². The number of nitrogens with zero attached hydrogens (tertiary/aromatic N) is 3. The maximum Gasteiger partial charge on any atom is 0.255 e. The molecule has 0 atom stereocenters. The van der Waals surface area contributed by atoms with Gasteiger partial charge in [0, 0.05) is 37.9 Å². The van der Waals surface area contributed by atoms with E-state index in [1.165, 1.54) is 16.4 Å². The van der Waals surface area contributed by atoms with Gasteiger partial charge in [-0.2, -0.15) is 4.31 Å². The van der Waals surface area contributed by atoms with E-state index in [-0.39, 0.29) is 42.7 Å². The fourth-order valence-electron chi connectivity index (χ4n) is 4.93. The summed E-state index contributed by atoms with van der Waals surface area (Å²) in [5, 5.41) is 0. The first-order valence-electron chi connectivity index (χ1n) is 12.8. The van der Waals surface area contributed by atoms with Gasteiger partial charge in [0.1, 0.15) is 17.4 Å². The van der Waals surface area contributed by atoms with Crippen LogP contribution >= 0.6 is 0 Å². The van der Waals surface area contributed by atoms with Crippen LogP contribution in [0.15, 0.2) is 77.7 Å². The molecule has 1 amide bonds. The van der Waals surface area contributed by atoms with Crippen molar-refractivity contribution in [2.24, 2.45) is 0 Å². The van der Waals surface area contributed by atoms with E-state index in [0.717, 1.165) is 11.6 Å². The second kappa shape index (κ2) is 10.9. The minimum Gasteiger partial charge on any atom is -0.497 e. The number of piperazine rings is 1. The van der Waals surface area contributed by atoms with Crippen molar-refractivity contribution in [2.45, 2.75) is 18.7 Å². The Hall–Kier alpha value is -4.02. The third-order valence-electron chi connectivity index (χ3n) is 7.20. The second-order valence-electron chi connectivity index (χ2n) is 9.70. The number of amides is 1. The number of methoxy groups -OCH3 is 1. The first-order valence-corrected chi connectivity index (χ1v) is 14.2. The zero-order valence-electron chi connectivity index (χ0n) is 22.4. The number of rotatable bonds is 6. The first-order chi connectivity index (χ1) is 19.1. The SMILES string of the molecule is COc1ccc(-c2cc(C(=O)N3CCN(S(=O)(=O)c4ccc(C)cc4)CC3)c(C)n2-c2ccc(F)cc2F)cc1. The number of aryl methyl sites for hydroxylation is 1. The van der Waals surface area contributed by atoms with Crippen molar-refractivity contribution in [3.05, 3.63) is 101 Å². The van der Waals surface area contributed by atoms with E-state index in [1.807, 2.05) is 6.92 Å². The number of halogens is 2. The van der Waals surface area contributed by atoms with E-state index in [2.05, 4.69) is 0 Å². The predicted molar refractivity (Wildman–Crippen MR) is 148 cm³/mol. The van der Waals surface area contributed by atoms with Crippen LogP contribution < -0.4 is 4.74 Å². The standard InChI is InChI=1S/C30H29F2N3O4S/c1-20-4-11-25(12-5-20)40(37,38)34-16-14-33(15-17-34)30(36)26-19-29(22-6-9-24(39-3)10-7-22)35(21(26)2)28-13-8-23(31)18-27(28)32/h4-13,18-19H,14-17H2,1-3H3. The molecule has 1 aliphatic heterocycles. The Bertz CT molecular complexity index is 1660. The average molecular weight is 566 g/mol. The van der Waals surface area contributed by atoms with Gasteiger partial charge in [-0.05, 0) is 74.0 Å². The lowest BCUT2D eigenvalue weighted by atomic mass is 10.1. The van der Waals surface area contributed by atoms with Crippen molar-refractivity contribution >= 4 is 15.9 Å². The fourth-order valence-corrected chi connectivity index (χ4v) is 6.35. The minimum absolute atomic E-state index is 0.109. The van der Waals surface area contributed by atoms with Crippen LogP contribution in [0.1, 0.15) is 21.6 Å². The van der Waals surface area contributed by atoms with E-state index < -0.39 is 21.7 Å². The summed E-state index contributed by atoms with van der Waals surface area (Å²) in [6.07, 6.45) is 0. The van der Waals surface area contributed by atoms with Gasteiger partial charge in [0.25, 0.3) is 5.91 Å². The molecule has 0 bridgehead atoms. The number of hydrogen-bond donors (Lipinski definition) is 0. The van der Waals surface area contributed by atoms with Crippen LogP contribution in [-0.4, -0.2) is 61.4 Å². The molecule has 5 rings (SSSR count). The van der Waals surface area contributed by atoms with Crippen molar-refractivity contribution in [2.75, 3.05) is 33.3 Å². The van der Waals surface area contributed by atoms with Crippen molar-refractivity contribution < 1.29 is 26.7 Å². The zero-order chi connectivity index (χ0) is 28.6. The lowest BCUT2D eigenvalue weighted by Crippen LogP contribution is -2.50. The Morgan fingerprint density at radius 1 is 0.850 bits per heavy atom. The summed E-state index contributed by atoms with van der Waals surface area (Å²) >= 11 is 0. The molecule has 1 fully saturated rings. The van der Waals surface area contributed by atoms with Crippen LogP contribution in [0.4, 0.5) is 8.78 Å². The summed E-state index contributed by atoms with van der Waals surface area (Å²) in [6, 6.07) is 18.8. The first kappa shape index (κ1) is 27.5. The maximum absolute atomic E-state index is 15.0. The summed E-state index contributed by atoms with van der Waals surface area (Å²) in [4.78, 5) is 15.5. The molecule has 208 valence electrons. The summed E-state index contributed by atoms with van der Waals surface area (Å²) < 4.78 is 63.1. The molecular weight excluding hydrogens is 536 g/mol. The highest BCUT2D eigenvalue weighted by Gasteiger charge is 2.32. The summed E-state index contributed by atoms with van der Waals surface area (Å²) in [5.74, 6) is -1.11. The monoisotopic (exact) mass is 565 g/mol. The Labute approximate surface area is 232 Å². The van der Waals surface area contributed by atoms with Crippen LogP contribution in [0.5, 0.6) is 5.75 Å². The molecular formula is C30H29F2N3O4S. The van der Waals surface area contributed by atoms with Crippen molar-refractivity contribution in [3.8, 4) is 22.7 Å². The van der Waals surface area contributed by atoms with E-state index in [4.69, 9.17) is 4.74 Å². The third kappa shape index (κ3) is 5.12. The van der Waals surface area contributed by atoms with Crippen LogP contribution in [0.3, 0.4) is 0 Å². The van der Waals surface area contributed by atoms with Gasteiger partial charge >= 0.3 is 0 Å². The average Bonchev–Trinajstić information content (AvgIpc) is 3.29. The smallest absolute Gasteiger partial charge is 0.255 e. The number of hydrogen-bond acceptors (Lipinski definition) is 4. The Kier molecular flexibility index (Phi) is 7.48. The number of benzene rings is 3. The predicted octanol–water partition coefficient (Wildman–Crippen LogP) is 5.19. The van der Waals surface area contributed by atoms with E-state index >= 15 is 0 Å². The molecule has 3 aromatic carbocycles. The highest BCUT2D eigenvalue weighted by Crippen LogP contribution is 2.33. The zero-order valence-corrected chi connectivity index (χ0v) is 23.2. The molecule has 2 heterocycles. The molecule has 7 nitrogen and oxygen atoms in total. The summed E-state index contributed by atoms with van der Waals surface area (Å²) in [7, 11) is -2.13. The van der Waals surface area contributed by atoms with Gasteiger partial charge in [0.05, 0.1) is 29.0 Å². The van der Waals surface area contributed by atoms with Crippen LogP contribution in [0, 0.1) is 25.5 Å². The quantitative estimate of drug-likeness (QED) is 0.323. The van der Waals surface area contributed by atoms with Crippen molar-refractivity contribution in [1.29, 1.82) is 0 Å². The number of carbonyl (C=O) groups excluding carboxylic acids is 1. The van der Waals surface area contributed by atoms with Gasteiger partial charge in [-0.1, -0.05) is 17.7 Å². The molecule has 0 spiro atoms. The normalized spacial score (nSPS) is 14.4. The highest BCUT2D eigenvalue weighted by atomic mass is 32.2. The molecule has 1 saturated heterocycles. The second-order valence-corrected chi connectivity index (χ2v) is 11.6. The van der Waals surface area contributed by atoms with Crippen LogP contribution in [-0.2, 0) is 10.0 Å². The summed E-state index contributed by atoms with van der Waals surface area (Å²) in [5.41, 5.74) is 3.17. The molecule has 1 aliphatic rings. The van der Waals surface area contributed by atoms with Gasteiger partial charge in [-0.25, -0.2) is 17.2 Å². The molecule has 0 N–H and O–H groups in total. The number of aromatic nitrogens is 1. The Morgan fingerprint density at radius 2 is 1.50 bits per heavy atom. The third-order valence-corrected chi connectivity index (χ3v) is 9.11. The molecule has 0 unspecified atom stereocenters. The lowest BCUT2D eigenvalue weighted by Gasteiger charge is -2.34. The van der Waals surface area contributed by atoms with Crippen LogP contribution in [0.2, 0.25) is 0 Å². The molecule has 40 heavy (non-hydrogen) atoms. The molecule has 0 radical (unpaired) electrons. The molecule has 10 heteroatoms. The van der Waals surface area contributed by atoms with Gasteiger partial charge in [0.15, 0.2) is 0 Å². The summed E-state index contributed by atoms with van der Waals surface area (Å²) in [6.45, 7) is 4.32. The van der Waals surface area contributed by atoms with Crippen molar-refractivity contribution in [1.82, 2.24) is 13.8 Å². The number of ether oxygens (including phenoxy) is 1. The largest absolute Gasteiger partial charge is 0.497 e. The van der Waals surface area contributed by atoms with Gasteiger partial charge in [-0.3, -0.25) is 4.79 Å². The number of sulfonamides is 1. The van der Waals surface area contributed by atoms with Crippen molar-refractivity contribution in [3.63, 3.8) is 0 Å². The number of carbonyl (C=O) groups is 1. The van der Waals surface area contributed by atoms with E-state index in [1.54, 1.807) is 78.1 Å². The molecule has 1 aromatic heterocycles. The maximum atomic E-state index is 15.0. The fraction of sp³-hybridized carbons (Fsp3) is 0.233. The van der Waals surface area contributed by atoms with Crippen LogP contribution in [0.25, 0.3) is 16.9 Å². The Balaban J connectivity index is 1.45. The molecule has 0 aliphatic carbocycles. The highest BCUT2D eigenvalue weighted by molar-refractivity contribution is 7.89. The Morgan fingerprint density at radius 3 is 2.10 bits per heavy atom.